The van der Waals surface area contributed by atoms with Crippen molar-refractivity contribution in [1.29, 1.82) is 0 Å². The number of ether oxygens (including phenoxy) is 2. The predicted molar refractivity (Wildman–Crippen MR) is 163 cm³/mol. The molecule has 0 radical (unpaired) electrons. The van der Waals surface area contributed by atoms with Crippen LogP contribution >= 0.6 is 11.6 Å². The van der Waals surface area contributed by atoms with Crippen LogP contribution in [0.3, 0.4) is 0 Å². The van der Waals surface area contributed by atoms with Gasteiger partial charge < -0.3 is 34.7 Å². The minimum Gasteiger partial charge on any atom is -0.381 e. The molecule has 1 unspecified atom stereocenters. The SMILES string of the molecule is CNC(C)c1ccnc(N2CCOCC2)n1.O=CCN1Cc2ccc(-c3nc(NC4CCOCC4)ncc3Cl)cc2C1=O. The van der Waals surface area contributed by atoms with Crippen LogP contribution in [-0.4, -0.2) is 96.2 Å². The van der Waals surface area contributed by atoms with Crippen molar-refractivity contribution in [2.45, 2.75) is 38.4 Å². The minimum absolute atomic E-state index is 0.0935. The Labute approximate surface area is 256 Å². The quantitative estimate of drug-likeness (QED) is 0.365. The second-order valence-corrected chi connectivity index (χ2v) is 10.9. The van der Waals surface area contributed by atoms with Crippen LogP contribution in [0, 0.1) is 0 Å². The van der Waals surface area contributed by atoms with E-state index in [1.54, 1.807) is 12.3 Å². The van der Waals surface area contributed by atoms with Crippen LogP contribution in [-0.2, 0) is 20.8 Å². The number of rotatable bonds is 8. The molecule has 43 heavy (non-hydrogen) atoms. The van der Waals surface area contributed by atoms with Crippen LogP contribution in [0.1, 0.15) is 47.4 Å². The molecule has 0 bridgehead atoms. The van der Waals surface area contributed by atoms with Crippen LogP contribution in [0.15, 0.2) is 36.7 Å². The number of hydrogen-bond acceptors (Lipinski definition) is 11. The van der Waals surface area contributed by atoms with E-state index in [-0.39, 0.29) is 24.5 Å². The van der Waals surface area contributed by atoms with E-state index in [0.717, 1.165) is 81.4 Å². The third-order valence-corrected chi connectivity index (χ3v) is 7.97. The standard InChI is InChI=1S/C19H19ClN4O3.C11H18N4O/c20-16-10-21-19(22-14-3-7-27-8-4-14)23-17(16)12-1-2-13-11-24(5-6-25)18(26)15(13)9-12;1-9(12-2)10-3-4-13-11(14-10)15-5-7-16-8-6-15/h1-2,6,9-10,14H,3-5,7-8,11H2,(H,21,22,23);3-4,9,12H,5-8H2,1-2H3. The van der Waals surface area contributed by atoms with Gasteiger partial charge in [-0.05, 0) is 44.5 Å². The summed E-state index contributed by atoms with van der Waals surface area (Å²) in [6, 6.07) is 8.04. The zero-order valence-corrected chi connectivity index (χ0v) is 25.2. The number of nitrogens with zero attached hydrogens (tertiary/aromatic N) is 6. The summed E-state index contributed by atoms with van der Waals surface area (Å²) in [6.07, 6.45) is 5.93. The highest BCUT2D eigenvalue weighted by molar-refractivity contribution is 6.33. The summed E-state index contributed by atoms with van der Waals surface area (Å²) in [5.41, 5.74) is 3.83. The van der Waals surface area contributed by atoms with E-state index in [1.807, 2.05) is 31.4 Å². The van der Waals surface area contributed by atoms with Crippen LogP contribution in [0.2, 0.25) is 5.02 Å². The molecule has 3 aliphatic rings. The second-order valence-electron chi connectivity index (χ2n) is 10.5. The normalized spacial score (nSPS) is 17.6. The molecule has 12 nitrogen and oxygen atoms in total. The lowest BCUT2D eigenvalue weighted by atomic mass is 10.0. The summed E-state index contributed by atoms with van der Waals surface area (Å²) in [4.78, 5) is 44.6. The number of amides is 1. The maximum Gasteiger partial charge on any atom is 0.254 e. The molecule has 2 fully saturated rings. The monoisotopic (exact) mass is 608 g/mol. The lowest BCUT2D eigenvalue weighted by Crippen LogP contribution is -2.37. The van der Waals surface area contributed by atoms with Crippen molar-refractivity contribution in [3.05, 3.63) is 58.5 Å². The summed E-state index contributed by atoms with van der Waals surface area (Å²) in [5, 5.41) is 6.93. The number of nitrogens with one attached hydrogen (secondary N) is 2. The van der Waals surface area contributed by atoms with Crippen molar-refractivity contribution >= 4 is 35.7 Å². The van der Waals surface area contributed by atoms with Crippen molar-refractivity contribution in [1.82, 2.24) is 30.2 Å². The Bertz CT molecular complexity index is 1410. The van der Waals surface area contributed by atoms with Gasteiger partial charge in [0.1, 0.15) is 6.29 Å². The van der Waals surface area contributed by atoms with E-state index in [9.17, 15) is 9.59 Å². The first-order chi connectivity index (χ1) is 21.0. The molecule has 0 spiro atoms. The molecule has 3 aromatic rings. The fourth-order valence-corrected chi connectivity index (χ4v) is 5.28. The van der Waals surface area contributed by atoms with Gasteiger partial charge in [-0.1, -0.05) is 23.7 Å². The molecular weight excluding hydrogens is 572 g/mol. The topological polar surface area (TPSA) is 135 Å². The van der Waals surface area contributed by atoms with Gasteiger partial charge in [0, 0.05) is 62.3 Å². The summed E-state index contributed by atoms with van der Waals surface area (Å²) < 4.78 is 10.7. The highest BCUT2D eigenvalue weighted by atomic mass is 35.5. The highest BCUT2D eigenvalue weighted by Crippen LogP contribution is 2.31. The summed E-state index contributed by atoms with van der Waals surface area (Å²) in [5.74, 6) is 1.17. The molecular formula is C30H37ClN8O4. The van der Waals surface area contributed by atoms with E-state index >= 15 is 0 Å². The Balaban J connectivity index is 0.000000196. The number of fused-ring (bicyclic) bond motifs is 1. The molecule has 1 atom stereocenters. The van der Waals surface area contributed by atoms with Crippen LogP contribution < -0.4 is 15.5 Å². The highest BCUT2D eigenvalue weighted by Gasteiger charge is 2.27. The van der Waals surface area contributed by atoms with Crippen molar-refractivity contribution < 1.29 is 19.1 Å². The van der Waals surface area contributed by atoms with E-state index in [1.165, 1.54) is 4.90 Å². The third-order valence-electron chi connectivity index (χ3n) is 7.69. The summed E-state index contributed by atoms with van der Waals surface area (Å²) in [7, 11) is 1.93. The third kappa shape index (κ3) is 7.63. The fourth-order valence-electron chi connectivity index (χ4n) is 5.08. The maximum atomic E-state index is 12.5. The lowest BCUT2D eigenvalue weighted by molar-refractivity contribution is -0.108. The first kappa shape index (κ1) is 30.7. The maximum absolute atomic E-state index is 12.5. The van der Waals surface area contributed by atoms with Gasteiger partial charge in [0.05, 0.1) is 42.4 Å². The van der Waals surface area contributed by atoms with Gasteiger partial charge in [-0.15, -0.1) is 0 Å². The largest absolute Gasteiger partial charge is 0.381 e. The van der Waals surface area contributed by atoms with Crippen molar-refractivity contribution in [3.63, 3.8) is 0 Å². The van der Waals surface area contributed by atoms with Gasteiger partial charge in [-0.25, -0.2) is 19.9 Å². The molecule has 2 saturated heterocycles. The molecule has 2 aromatic heterocycles. The average molecular weight is 609 g/mol. The Morgan fingerprint density at radius 2 is 1.86 bits per heavy atom. The van der Waals surface area contributed by atoms with E-state index in [0.29, 0.717) is 28.8 Å². The molecule has 5 heterocycles. The van der Waals surface area contributed by atoms with Crippen LogP contribution in [0.5, 0.6) is 0 Å². The zero-order valence-electron chi connectivity index (χ0n) is 24.5. The molecule has 6 rings (SSSR count). The molecule has 0 saturated carbocycles. The molecule has 2 N–H and O–H groups in total. The number of hydrogen-bond donors (Lipinski definition) is 2. The number of aldehydes is 1. The fraction of sp³-hybridized carbons (Fsp3) is 0.467. The molecule has 1 aromatic carbocycles. The van der Waals surface area contributed by atoms with Gasteiger partial charge in [0.15, 0.2) is 0 Å². The van der Waals surface area contributed by atoms with E-state index < -0.39 is 0 Å². The number of aromatic nitrogens is 4. The minimum atomic E-state index is -0.148. The van der Waals surface area contributed by atoms with Gasteiger partial charge in [0.25, 0.3) is 5.91 Å². The molecule has 1 amide bonds. The Morgan fingerprint density at radius 3 is 2.60 bits per heavy atom. The molecule has 228 valence electrons. The molecule has 13 heteroatoms. The smallest absolute Gasteiger partial charge is 0.254 e. The number of anilines is 2. The average Bonchev–Trinajstić information content (AvgIpc) is 3.37. The Morgan fingerprint density at radius 1 is 1.09 bits per heavy atom. The molecule has 0 aliphatic carbocycles. The number of morpholine rings is 1. The van der Waals surface area contributed by atoms with Gasteiger partial charge >= 0.3 is 0 Å². The zero-order chi connectivity index (χ0) is 30.2. The van der Waals surface area contributed by atoms with Crippen molar-refractivity contribution in [2.24, 2.45) is 0 Å². The van der Waals surface area contributed by atoms with Gasteiger partial charge in [-0.3, -0.25) is 4.79 Å². The summed E-state index contributed by atoms with van der Waals surface area (Å²) >= 11 is 6.32. The first-order valence-corrected chi connectivity index (χ1v) is 14.9. The van der Waals surface area contributed by atoms with Crippen LogP contribution in [0.4, 0.5) is 11.9 Å². The number of benzene rings is 1. The number of carbonyl (C=O) groups excluding carboxylic acids is 2. The Hall–Kier alpha value is -3.71. The lowest BCUT2D eigenvalue weighted by Gasteiger charge is -2.27. The van der Waals surface area contributed by atoms with E-state index in [4.69, 9.17) is 21.1 Å². The van der Waals surface area contributed by atoms with Crippen molar-refractivity contribution in [3.8, 4) is 11.3 Å². The first-order valence-electron chi connectivity index (χ1n) is 14.5. The number of carbonyl (C=O) groups is 2. The second kappa shape index (κ2) is 14.6. The van der Waals surface area contributed by atoms with Crippen molar-refractivity contribution in [2.75, 3.05) is 63.3 Å². The predicted octanol–water partition coefficient (Wildman–Crippen LogP) is 3.14. The Kier molecular flexibility index (Phi) is 10.5. The van der Waals surface area contributed by atoms with Crippen LogP contribution in [0.25, 0.3) is 11.3 Å². The van der Waals surface area contributed by atoms with E-state index in [2.05, 4.69) is 42.4 Å². The molecule has 3 aliphatic heterocycles. The van der Waals surface area contributed by atoms with Gasteiger partial charge in [0.2, 0.25) is 11.9 Å². The van der Waals surface area contributed by atoms with Gasteiger partial charge in [-0.2, -0.15) is 0 Å². The summed E-state index contributed by atoms with van der Waals surface area (Å²) in [6.45, 7) is 7.34. The number of halogens is 1.